The van der Waals surface area contributed by atoms with E-state index in [1.165, 1.54) is 6.33 Å². The Kier molecular flexibility index (Phi) is 3.84. The summed E-state index contributed by atoms with van der Waals surface area (Å²) < 4.78 is 11.5. The summed E-state index contributed by atoms with van der Waals surface area (Å²) in [7, 11) is 1.76. The number of likely N-dealkylation sites (N-methyl/N-ethyl adjacent to an activating group) is 1. The molecule has 1 saturated heterocycles. The maximum Gasteiger partial charge on any atom is 0.291 e. The van der Waals surface area contributed by atoms with Crippen LogP contribution in [-0.2, 0) is 4.74 Å². The third kappa shape index (κ3) is 2.82. The number of oxazole rings is 1. The van der Waals surface area contributed by atoms with Crippen LogP contribution < -0.4 is 0 Å². The number of rotatable bonds is 5. The van der Waals surface area contributed by atoms with Crippen LogP contribution in [0.4, 0.5) is 0 Å². The molecule has 2 atom stereocenters. The molecule has 3 heterocycles. The quantitative estimate of drug-likeness (QED) is 0.894. The molecule has 128 valence electrons. The number of carbonyl (C=O) groups excluding carboxylic acids is 1. The van der Waals surface area contributed by atoms with Crippen molar-refractivity contribution in [3.8, 4) is 0 Å². The third-order valence-corrected chi connectivity index (χ3v) is 4.73. The fourth-order valence-electron chi connectivity index (χ4n) is 3.18. The van der Waals surface area contributed by atoms with Crippen LogP contribution >= 0.6 is 0 Å². The highest BCUT2D eigenvalue weighted by atomic mass is 16.5. The summed E-state index contributed by atoms with van der Waals surface area (Å²) in [4.78, 5) is 23.0. The van der Waals surface area contributed by atoms with Gasteiger partial charge in [-0.05, 0) is 26.2 Å². The number of ether oxygens (including phenoxy) is 1. The Labute approximate surface area is 139 Å². The van der Waals surface area contributed by atoms with E-state index in [1.807, 2.05) is 6.92 Å². The van der Waals surface area contributed by atoms with Crippen molar-refractivity contribution in [2.45, 2.75) is 44.1 Å². The molecule has 1 saturated carbocycles. The number of aromatic amines is 1. The van der Waals surface area contributed by atoms with E-state index in [0.717, 1.165) is 25.1 Å². The maximum atomic E-state index is 12.7. The first kappa shape index (κ1) is 15.3. The van der Waals surface area contributed by atoms with Gasteiger partial charge in [0.25, 0.3) is 5.91 Å². The van der Waals surface area contributed by atoms with Gasteiger partial charge in [0.2, 0.25) is 5.76 Å². The number of nitrogens with zero attached hydrogens (tertiary/aromatic N) is 4. The summed E-state index contributed by atoms with van der Waals surface area (Å²) in [5, 5.41) is 6.81. The van der Waals surface area contributed by atoms with Gasteiger partial charge in [-0.2, -0.15) is 5.10 Å². The zero-order chi connectivity index (χ0) is 16.7. The molecule has 8 nitrogen and oxygen atoms in total. The minimum Gasteiger partial charge on any atom is -0.435 e. The molecule has 1 N–H and O–H groups in total. The van der Waals surface area contributed by atoms with E-state index < -0.39 is 0 Å². The molecular weight excluding hydrogens is 310 g/mol. The third-order valence-electron chi connectivity index (χ3n) is 4.73. The van der Waals surface area contributed by atoms with Gasteiger partial charge in [0.05, 0.1) is 11.8 Å². The number of hydrogen-bond acceptors (Lipinski definition) is 6. The first-order valence-corrected chi connectivity index (χ1v) is 8.33. The van der Waals surface area contributed by atoms with Crippen LogP contribution in [0.2, 0.25) is 0 Å². The van der Waals surface area contributed by atoms with Crippen molar-refractivity contribution in [1.82, 2.24) is 25.1 Å². The van der Waals surface area contributed by atoms with Crippen LogP contribution in [0.25, 0.3) is 0 Å². The second-order valence-electron chi connectivity index (χ2n) is 6.60. The molecule has 1 aliphatic heterocycles. The summed E-state index contributed by atoms with van der Waals surface area (Å²) in [5.41, 5.74) is 0.660. The average Bonchev–Trinajstić information content (AvgIpc) is 2.97. The van der Waals surface area contributed by atoms with Gasteiger partial charge >= 0.3 is 0 Å². The number of aromatic nitrogens is 4. The van der Waals surface area contributed by atoms with Gasteiger partial charge in [-0.25, -0.2) is 9.97 Å². The molecular formula is C16H21N5O3. The van der Waals surface area contributed by atoms with Crippen molar-refractivity contribution in [3.05, 3.63) is 29.5 Å². The second kappa shape index (κ2) is 6.01. The Morgan fingerprint density at radius 2 is 2.25 bits per heavy atom. The second-order valence-corrected chi connectivity index (χ2v) is 6.60. The molecule has 1 aliphatic carbocycles. The lowest BCUT2D eigenvalue weighted by atomic mass is 10.0. The zero-order valence-corrected chi connectivity index (χ0v) is 13.9. The zero-order valence-electron chi connectivity index (χ0n) is 13.9. The van der Waals surface area contributed by atoms with Gasteiger partial charge in [-0.3, -0.25) is 9.89 Å². The number of aryl methyl sites for hydroxylation is 1. The molecule has 4 rings (SSSR count). The predicted octanol–water partition coefficient (Wildman–Crippen LogP) is 1.62. The molecule has 1 amide bonds. The largest absolute Gasteiger partial charge is 0.435 e. The number of nitrogens with one attached hydrogen (secondary N) is 1. The minimum absolute atomic E-state index is 0.0990. The van der Waals surface area contributed by atoms with Gasteiger partial charge in [-0.1, -0.05) is 0 Å². The number of amides is 1. The first-order chi connectivity index (χ1) is 11.6. The molecule has 0 aromatic carbocycles. The van der Waals surface area contributed by atoms with E-state index in [-0.39, 0.29) is 17.9 Å². The van der Waals surface area contributed by atoms with Crippen LogP contribution in [0, 0.1) is 6.92 Å². The molecule has 24 heavy (non-hydrogen) atoms. The maximum absolute atomic E-state index is 12.7. The standard InChI is InChI=1S/C16H21N5O3/c1-9-13(24-15(19-9)10-3-4-10)16(22)21(2)7-12-11(5-6-23-12)14-17-8-18-20-14/h8,10-12H,3-7H2,1-2H3,(H,17,18,20)/t11-,12-/m1/s1. The van der Waals surface area contributed by atoms with Crippen LogP contribution in [0.1, 0.15) is 59.1 Å². The first-order valence-electron chi connectivity index (χ1n) is 8.33. The minimum atomic E-state index is -0.154. The van der Waals surface area contributed by atoms with E-state index in [2.05, 4.69) is 20.2 Å². The smallest absolute Gasteiger partial charge is 0.291 e. The Balaban J connectivity index is 1.45. The molecule has 0 bridgehead atoms. The van der Waals surface area contributed by atoms with E-state index in [0.29, 0.717) is 36.4 Å². The van der Waals surface area contributed by atoms with Gasteiger partial charge < -0.3 is 14.1 Å². The molecule has 2 aliphatic rings. The molecule has 0 unspecified atom stereocenters. The Bertz CT molecular complexity index is 722. The fourth-order valence-corrected chi connectivity index (χ4v) is 3.18. The van der Waals surface area contributed by atoms with E-state index in [1.54, 1.807) is 11.9 Å². The van der Waals surface area contributed by atoms with E-state index >= 15 is 0 Å². The molecule has 2 fully saturated rings. The van der Waals surface area contributed by atoms with Gasteiger partial charge in [-0.15, -0.1) is 0 Å². The molecule has 8 heteroatoms. The molecule has 2 aromatic rings. The summed E-state index contributed by atoms with van der Waals surface area (Å²) in [6.07, 6.45) is 4.46. The number of H-pyrrole nitrogens is 1. The Hall–Kier alpha value is -2.22. The lowest BCUT2D eigenvalue weighted by molar-refractivity contribution is 0.0527. The molecule has 0 radical (unpaired) electrons. The van der Waals surface area contributed by atoms with Crippen LogP contribution in [0.5, 0.6) is 0 Å². The van der Waals surface area contributed by atoms with Crippen molar-refractivity contribution in [2.75, 3.05) is 20.2 Å². The normalized spacial score (nSPS) is 23.6. The van der Waals surface area contributed by atoms with Gasteiger partial charge in [0.15, 0.2) is 5.89 Å². The highest BCUT2D eigenvalue weighted by Gasteiger charge is 2.35. The Morgan fingerprint density at radius 1 is 1.42 bits per heavy atom. The van der Waals surface area contributed by atoms with Crippen molar-refractivity contribution in [1.29, 1.82) is 0 Å². The highest BCUT2D eigenvalue weighted by molar-refractivity contribution is 5.92. The van der Waals surface area contributed by atoms with Crippen molar-refractivity contribution in [2.24, 2.45) is 0 Å². The average molecular weight is 331 g/mol. The van der Waals surface area contributed by atoms with Gasteiger partial charge in [0.1, 0.15) is 12.2 Å². The lowest BCUT2D eigenvalue weighted by Gasteiger charge is -2.23. The van der Waals surface area contributed by atoms with E-state index in [9.17, 15) is 4.79 Å². The summed E-state index contributed by atoms with van der Waals surface area (Å²) in [6, 6.07) is 0. The van der Waals surface area contributed by atoms with Crippen LogP contribution in [0.3, 0.4) is 0 Å². The topological polar surface area (TPSA) is 97.1 Å². The number of hydrogen-bond donors (Lipinski definition) is 1. The van der Waals surface area contributed by atoms with Crippen molar-refractivity contribution in [3.63, 3.8) is 0 Å². The van der Waals surface area contributed by atoms with Crippen LogP contribution in [-0.4, -0.2) is 57.3 Å². The van der Waals surface area contributed by atoms with Crippen molar-refractivity contribution < 1.29 is 13.9 Å². The summed E-state index contributed by atoms with van der Waals surface area (Å²) in [5.74, 6) is 2.21. The molecule has 2 aromatic heterocycles. The number of carbonyl (C=O) groups is 1. The highest BCUT2D eigenvalue weighted by Crippen LogP contribution is 2.40. The Morgan fingerprint density at radius 3 is 2.96 bits per heavy atom. The SMILES string of the molecule is Cc1nc(C2CC2)oc1C(=O)N(C)C[C@H]1OCC[C@H]1c1ncn[nH]1. The lowest BCUT2D eigenvalue weighted by Crippen LogP contribution is -2.36. The van der Waals surface area contributed by atoms with E-state index in [4.69, 9.17) is 9.15 Å². The summed E-state index contributed by atoms with van der Waals surface area (Å²) >= 11 is 0. The fraction of sp³-hybridized carbons (Fsp3) is 0.625. The van der Waals surface area contributed by atoms with Crippen LogP contribution in [0.15, 0.2) is 10.7 Å². The molecule has 0 spiro atoms. The summed E-state index contributed by atoms with van der Waals surface area (Å²) in [6.45, 7) is 2.95. The van der Waals surface area contributed by atoms with Crippen molar-refractivity contribution >= 4 is 5.91 Å². The monoisotopic (exact) mass is 331 g/mol. The van der Waals surface area contributed by atoms with Gasteiger partial charge in [0, 0.05) is 32.0 Å². The predicted molar refractivity (Wildman–Crippen MR) is 83.7 cm³/mol.